The van der Waals surface area contributed by atoms with Gasteiger partial charge in [0.2, 0.25) is 0 Å². The van der Waals surface area contributed by atoms with E-state index in [2.05, 4.69) is 27.6 Å². The van der Waals surface area contributed by atoms with Gasteiger partial charge < -0.3 is 19.0 Å². The van der Waals surface area contributed by atoms with E-state index < -0.39 is 5.97 Å². The van der Waals surface area contributed by atoms with E-state index in [1.54, 1.807) is 19.1 Å². The number of anilines is 1. The quantitative estimate of drug-likeness (QED) is 0.282. The molecule has 2 heterocycles. The standard InChI is InChI=1S/C24H24N4O4/c1-3-4-14-25-19-13-9-8-12-18(19)24(29)30-15-20-26-27-23(31-20)21-16(2)32-28-22(21)17-10-6-5-7-11-17/h5-13,25H,3-4,14-15H2,1-2H3. The Balaban J connectivity index is 1.47. The Bertz CT molecular complexity index is 1180. The van der Waals surface area contributed by atoms with Gasteiger partial charge in [0.25, 0.3) is 11.8 Å². The van der Waals surface area contributed by atoms with Gasteiger partial charge in [0.15, 0.2) is 6.61 Å². The molecule has 0 atom stereocenters. The van der Waals surface area contributed by atoms with Crippen molar-refractivity contribution in [2.75, 3.05) is 11.9 Å². The SMILES string of the molecule is CCCCNc1ccccc1C(=O)OCc1nnc(-c2c(-c3ccccc3)noc2C)o1. The number of benzene rings is 2. The average Bonchev–Trinajstić information content (AvgIpc) is 3.44. The van der Waals surface area contributed by atoms with Crippen molar-refractivity contribution in [3.05, 3.63) is 71.8 Å². The lowest BCUT2D eigenvalue weighted by molar-refractivity contribution is 0.0440. The Morgan fingerprint density at radius 1 is 1.06 bits per heavy atom. The molecule has 164 valence electrons. The number of hydrogen-bond donors (Lipinski definition) is 1. The molecule has 0 spiro atoms. The van der Waals surface area contributed by atoms with Crippen LogP contribution in [-0.4, -0.2) is 27.9 Å². The summed E-state index contributed by atoms with van der Waals surface area (Å²) in [7, 11) is 0. The van der Waals surface area contributed by atoms with Gasteiger partial charge in [-0.1, -0.05) is 61.0 Å². The first-order valence-electron chi connectivity index (χ1n) is 10.5. The first-order chi connectivity index (χ1) is 15.7. The molecule has 2 aromatic carbocycles. The number of nitrogens with zero attached hydrogens (tertiary/aromatic N) is 3. The van der Waals surface area contributed by atoms with Crippen LogP contribution in [0.25, 0.3) is 22.7 Å². The van der Waals surface area contributed by atoms with Crippen LogP contribution < -0.4 is 5.32 Å². The highest BCUT2D eigenvalue weighted by molar-refractivity contribution is 5.95. The molecule has 0 amide bonds. The molecule has 0 saturated heterocycles. The zero-order valence-corrected chi connectivity index (χ0v) is 18.0. The van der Waals surface area contributed by atoms with Gasteiger partial charge in [0.1, 0.15) is 17.0 Å². The summed E-state index contributed by atoms with van der Waals surface area (Å²) < 4.78 is 16.5. The molecule has 0 unspecified atom stereocenters. The van der Waals surface area contributed by atoms with Gasteiger partial charge >= 0.3 is 5.97 Å². The van der Waals surface area contributed by atoms with Crippen LogP contribution in [0.2, 0.25) is 0 Å². The Morgan fingerprint density at radius 2 is 1.84 bits per heavy atom. The lowest BCUT2D eigenvalue weighted by atomic mass is 10.1. The fourth-order valence-corrected chi connectivity index (χ4v) is 3.25. The Labute approximate surface area is 185 Å². The van der Waals surface area contributed by atoms with Gasteiger partial charge in [0, 0.05) is 17.8 Å². The molecular weight excluding hydrogens is 408 g/mol. The average molecular weight is 432 g/mol. The summed E-state index contributed by atoms with van der Waals surface area (Å²) in [4.78, 5) is 12.6. The summed E-state index contributed by atoms with van der Waals surface area (Å²) in [5.74, 6) is 0.540. The molecule has 0 fully saturated rings. The maximum atomic E-state index is 12.6. The molecule has 2 aromatic heterocycles. The normalized spacial score (nSPS) is 10.8. The summed E-state index contributed by atoms with van der Waals surface area (Å²) in [5, 5.41) is 15.5. The summed E-state index contributed by atoms with van der Waals surface area (Å²) in [6, 6.07) is 16.9. The second kappa shape index (κ2) is 9.91. The van der Waals surface area contributed by atoms with Crippen LogP contribution in [0.5, 0.6) is 0 Å². The van der Waals surface area contributed by atoms with Crippen molar-refractivity contribution in [1.82, 2.24) is 15.4 Å². The highest BCUT2D eigenvalue weighted by Crippen LogP contribution is 2.33. The second-order valence-corrected chi connectivity index (χ2v) is 7.23. The highest BCUT2D eigenvalue weighted by atomic mass is 16.5. The summed E-state index contributed by atoms with van der Waals surface area (Å²) in [5.41, 5.74) is 3.31. The van der Waals surface area contributed by atoms with Crippen molar-refractivity contribution >= 4 is 11.7 Å². The smallest absolute Gasteiger partial charge is 0.340 e. The topological polar surface area (TPSA) is 103 Å². The monoisotopic (exact) mass is 432 g/mol. The van der Waals surface area contributed by atoms with Crippen molar-refractivity contribution in [1.29, 1.82) is 0 Å². The highest BCUT2D eigenvalue weighted by Gasteiger charge is 2.22. The molecule has 0 saturated carbocycles. The summed E-state index contributed by atoms with van der Waals surface area (Å²) >= 11 is 0. The maximum Gasteiger partial charge on any atom is 0.340 e. The molecular formula is C24H24N4O4. The van der Waals surface area contributed by atoms with E-state index in [0.29, 0.717) is 22.6 Å². The molecule has 1 N–H and O–H groups in total. The summed E-state index contributed by atoms with van der Waals surface area (Å²) in [6.07, 6.45) is 2.08. The van der Waals surface area contributed by atoms with Crippen molar-refractivity contribution in [3.63, 3.8) is 0 Å². The minimum atomic E-state index is -0.463. The minimum absolute atomic E-state index is 0.139. The third-order valence-electron chi connectivity index (χ3n) is 4.91. The van der Waals surface area contributed by atoms with E-state index in [4.69, 9.17) is 13.7 Å². The number of aryl methyl sites for hydroxylation is 1. The minimum Gasteiger partial charge on any atom is -0.452 e. The van der Waals surface area contributed by atoms with E-state index >= 15 is 0 Å². The van der Waals surface area contributed by atoms with Crippen LogP contribution in [0.3, 0.4) is 0 Å². The molecule has 8 heteroatoms. The number of nitrogens with one attached hydrogen (secondary N) is 1. The Hall–Kier alpha value is -3.94. The molecule has 4 aromatic rings. The number of esters is 1. The van der Waals surface area contributed by atoms with E-state index in [9.17, 15) is 4.79 Å². The Kier molecular flexibility index (Phi) is 6.60. The number of rotatable bonds is 9. The van der Waals surface area contributed by atoms with E-state index in [0.717, 1.165) is 30.6 Å². The fourth-order valence-electron chi connectivity index (χ4n) is 3.25. The van der Waals surface area contributed by atoms with Crippen molar-refractivity contribution in [2.24, 2.45) is 0 Å². The lowest BCUT2D eigenvalue weighted by Gasteiger charge is -2.10. The maximum absolute atomic E-state index is 12.6. The van der Waals surface area contributed by atoms with Crippen molar-refractivity contribution in [3.8, 4) is 22.7 Å². The number of carbonyl (C=O) groups is 1. The molecule has 0 aliphatic heterocycles. The van der Waals surface area contributed by atoms with Crippen LogP contribution in [0.1, 0.15) is 41.8 Å². The molecule has 0 aliphatic rings. The third-order valence-corrected chi connectivity index (χ3v) is 4.91. The first-order valence-corrected chi connectivity index (χ1v) is 10.5. The lowest BCUT2D eigenvalue weighted by Crippen LogP contribution is -2.10. The van der Waals surface area contributed by atoms with Crippen LogP contribution in [0.4, 0.5) is 5.69 Å². The zero-order chi connectivity index (χ0) is 22.3. The molecule has 0 radical (unpaired) electrons. The summed E-state index contributed by atoms with van der Waals surface area (Å²) in [6.45, 7) is 4.54. The van der Waals surface area contributed by atoms with Crippen LogP contribution >= 0.6 is 0 Å². The molecule has 0 bridgehead atoms. The van der Waals surface area contributed by atoms with Crippen LogP contribution in [-0.2, 0) is 11.3 Å². The predicted octanol–water partition coefficient (Wildman–Crippen LogP) is 5.27. The molecule has 4 rings (SSSR count). The number of carbonyl (C=O) groups excluding carboxylic acids is 1. The van der Waals surface area contributed by atoms with Crippen LogP contribution in [0.15, 0.2) is 63.5 Å². The number of aromatic nitrogens is 3. The van der Waals surface area contributed by atoms with Gasteiger partial charge in [0.05, 0.1) is 5.56 Å². The molecule has 32 heavy (non-hydrogen) atoms. The first kappa shape index (κ1) is 21.3. The Morgan fingerprint density at radius 3 is 2.66 bits per heavy atom. The largest absolute Gasteiger partial charge is 0.452 e. The van der Waals surface area contributed by atoms with Gasteiger partial charge in [-0.2, -0.15) is 0 Å². The fraction of sp³-hybridized carbons (Fsp3) is 0.250. The molecule has 0 aliphatic carbocycles. The van der Waals surface area contributed by atoms with Crippen molar-refractivity contribution < 1.29 is 18.5 Å². The number of unbranched alkanes of at least 4 members (excludes halogenated alkanes) is 1. The number of hydrogen-bond acceptors (Lipinski definition) is 8. The van der Waals surface area contributed by atoms with Crippen molar-refractivity contribution in [2.45, 2.75) is 33.3 Å². The van der Waals surface area contributed by atoms with Gasteiger partial charge in [-0.25, -0.2) is 4.79 Å². The molecule has 8 nitrogen and oxygen atoms in total. The predicted molar refractivity (Wildman–Crippen MR) is 119 cm³/mol. The third kappa shape index (κ3) is 4.69. The second-order valence-electron chi connectivity index (χ2n) is 7.23. The van der Waals surface area contributed by atoms with E-state index in [-0.39, 0.29) is 18.4 Å². The van der Waals surface area contributed by atoms with Gasteiger partial charge in [-0.3, -0.25) is 0 Å². The number of para-hydroxylation sites is 1. The number of ether oxygens (including phenoxy) is 1. The van der Waals surface area contributed by atoms with Gasteiger partial charge in [-0.15, -0.1) is 10.2 Å². The zero-order valence-electron chi connectivity index (χ0n) is 18.0. The van der Waals surface area contributed by atoms with E-state index in [1.807, 2.05) is 42.5 Å². The van der Waals surface area contributed by atoms with E-state index in [1.165, 1.54) is 0 Å². The van der Waals surface area contributed by atoms with Gasteiger partial charge in [-0.05, 0) is 25.5 Å². The van der Waals surface area contributed by atoms with Crippen LogP contribution in [0, 0.1) is 6.92 Å².